The molecule has 2 N–H and O–H groups in total. The maximum absolute atomic E-state index is 5.29. The minimum Gasteiger partial charge on any atom is -0.467 e. The molecule has 4 nitrogen and oxygen atoms in total. The predicted molar refractivity (Wildman–Crippen MR) is 88.9 cm³/mol. The first-order valence-electron chi connectivity index (χ1n) is 6.95. The van der Waals surface area contributed by atoms with Crippen LogP contribution in [0.25, 0.3) is 0 Å². The van der Waals surface area contributed by atoms with Gasteiger partial charge in [0.15, 0.2) is 5.96 Å². The Bertz CT molecular complexity index is 359. The van der Waals surface area contributed by atoms with E-state index in [1.54, 1.807) is 6.26 Å². The van der Waals surface area contributed by atoms with Crippen LogP contribution in [0.4, 0.5) is 0 Å². The Hall–Kier alpha value is -0.720. The van der Waals surface area contributed by atoms with Crippen molar-refractivity contribution in [2.75, 3.05) is 6.54 Å². The molecule has 0 aromatic carbocycles. The smallest absolute Gasteiger partial charge is 0.191 e. The summed E-state index contributed by atoms with van der Waals surface area (Å²) in [5.74, 6) is 1.80. The molecular formula is C14H24IN3O. The Morgan fingerprint density at radius 2 is 2.16 bits per heavy atom. The minimum absolute atomic E-state index is 0. The van der Waals surface area contributed by atoms with Crippen molar-refractivity contribution < 1.29 is 4.42 Å². The number of nitrogens with zero attached hydrogens (tertiary/aromatic N) is 1. The highest BCUT2D eigenvalue weighted by Gasteiger charge is 2.14. The molecule has 0 spiro atoms. The van der Waals surface area contributed by atoms with Gasteiger partial charge in [-0.05, 0) is 31.9 Å². The highest BCUT2D eigenvalue weighted by molar-refractivity contribution is 14.0. The summed E-state index contributed by atoms with van der Waals surface area (Å²) < 4.78 is 5.29. The Balaban J connectivity index is 0.00000180. The van der Waals surface area contributed by atoms with Crippen molar-refractivity contribution in [1.29, 1.82) is 0 Å². The fourth-order valence-electron chi connectivity index (χ4n) is 2.32. The lowest BCUT2D eigenvalue weighted by Crippen LogP contribution is -2.44. The van der Waals surface area contributed by atoms with Crippen LogP contribution >= 0.6 is 24.0 Å². The zero-order valence-corrected chi connectivity index (χ0v) is 13.9. The molecule has 0 bridgehead atoms. The Morgan fingerprint density at radius 1 is 1.37 bits per heavy atom. The molecule has 0 atom stereocenters. The second-order valence-corrected chi connectivity index (χ2v) is 4.75. The second-order valence-electron chi connectivity index (χ2n) is 4.75. The van der Waals surface area contributed by atoms with Gasteiger partial charge in [0.25, 0.3) is 0 Å². The number of hydrogen-bond donors (Lipinski definition) is 2. The first-order valence-corrected chi connectivity index (χ1v) is 6.95. The van der Waals surface area contributed by atoms with Crippen LogP contribution in [0.1, 0.15) is 44.8 Å². The summed E-state index contributed by atoms with van der Waals surface area (Å²) in [5, 5.41) is 6.81. The zero-order valence-electron chi connectivity index (χ0n) is 11.5. The van der Waals surface area contributed by atoms with Gasteiger partial charge in [-0.25, -0.2) is 4.99 Å². The van der Waals surface area contributed by atoms with Crippen molar-refractivity contribution in [3.05, 3.63) is 24.2 Å². The van der Waals surface area contributed by atoms with Gasteiger partial charge in [0.1, 0.15) is 12.3 Å². The van der Waals surface area contributed by atoms with Gasteiger partial charge in [0.05, 0.1) is 6.26 Å². The molecule has 0 radical (unpaired) electrons. The fourth-order valence-corrected chi connectivity index (χ4v) is 2.32. The number of aliphatic imine (C=N–C) groups is 1. The van der Waals surface area contributed by atoms with Crippen LogP contribution in [0.15, 0.2) is 27.8 Å². The summed E-state index contributed by atoms with van der Waals surface area (Å²) in [6.45, 7) is 3.57. The van der Waals surface area contributed by atoms with Gasteiger partial charge in [-0.3, -0.25) is 0 Å². The third kappa shape index (κ3) is 5.84. The largest absolute Gasteiger partial charge is 0.467 e. The maximum atomic E-state index is 5.29. The lowest BCUT2D eigenvalue weighted by atomic mass is 9.96. The molecule has 0 unspecified atom stereocenters. The van der Waals surface area contributed by atoms with Gasteiger partial charge < -0.3 is 15.1 Å². The second kappa shape index (κ2) is 9.23. The standard InChI is InChI=1S/C14H23N3O.HI/c1-2-15-14(16-11-13-9-6-10-18-13)17-12-7-4-3-5-8-12;/h6,9-10,12H,2-5,7-8,11H2,1H3,(H2,15,16,17);1H. The Morgan fingerprint density at radius 3 is 2.79 bits per heavy atom. The SMILES string of the molecule is CCNC(=NCc1ccco1)NC1CCCCC1.I. The van der Waals surface area contributed by atoms with Crippen LogP contribution in [0.5, 0.6) is 0 Å². The third-order valence-corrected chi connectivity index (χ3v) is 3.26. The molecule has 5 heteroatoms. The number of halogens is 1. The molecule has 1 aliphatic carbocycles. The molecule has 1 aromatic rings. The molecule has 0 aliphatic heterocycles. The molecular weight excluding hydrogens is 353 g/mol. The first-order chi connectivity index (χ1) is 8.88. The minimum atomic E-state index is 0. The summed E-state index contributed by atoms with van der Waals surface area (Å²) in [7, 11) is 0. The van der Waals surface area contributed by atoms with Crippen LogP contribution in [0.3, 0.4) is 0 Å². The lowest BCUT2D eigenvalue weighted by molar-refractivity contribution is 0.409. The summed E-state index contributed by atoms with van der Waals surface area (Å²) in [5.41, 5.74) is 0. The van der Waals surface area contributed by atoms with Gasteiger partial charge in [-0.2, -0.15) is 0 Å². The number of furan rings is 1. The summed E-state index contributed by atoms with van der Waals surface area (Å²) >= 11 is 0. The molecule has 1 saturated carbocycles. The van der Waals surface area contributed by atoms with E-state index in [4.69, 9.17) is 4.42 Å². The predicted octanol–water partition coefficient (Wildman–Crippen LogP) is 3.29. The molecule has 0 saturated heterocycles. The van der Waals surface area contributed by atoms with Crippen molar-refractivity contribution >= 4 is 29.9 Å². The number of guanidine groups is 1. The van der Waals surface area contributed by atoms with E-state index in [1.807, 2.05) is 12.1 Å². The van der Waals surface area contributed by atoms with Crippen LogP contribution in [0, 0.1) is 0 Å². The molecule has 19 heavy (non-hydrogen) atoms. The van der Waals surface area contributed by atoms with E-state index < -0.39 is 0 Å². The highest BCUT2D eigenvalue weighted by Crippen LogP contribution is 2.17. The van der Waals surface area contributed by atoms with Gasteiger partial charge in [-0.15, -0.1) is 24.0 Å². The van der Waals surface area contributed by atoms with Crippen LogP contribution in [-0.2, 0) is 6.54 Å². The Kier molecular flexibility index (Phi) is 7.93. The lowest BCUT2D eigenvalue weighted by Gasteiger charge is -2.24. The van der Waals surface area contributed by atoms with Crippen LogP contribution in [-0.4, -0.2) is 18.5 Å². The molecule has 1 aromatic heterocycles. The van der Waals surface area contributed by atoms with Crippen molar-refractivity contribution in [2.24, 2.45) is 4.99 Å². The zero-order chi connectivity index (χ0) is 12.6. The summed E-state index contributed by atoms with van der Waals surface area (Å²) in [6.07, 6.45) is 8.23. The summed E-state index contributed by atoms with van der Waals surface area (Å²) in [6, 6.07) is 4.42. The molecule has 108 valence electrons. The topological polar surface area (TPSA) is 49.6 Å². The van der Waals surface area contributed by atoms with Gasteiger partial charge in [0.2, 0.25) is 0 Å². The van der Waals surface area contributed by atoms with Crippen molar-refractivity contribution in [1.82, 2.24) is 10.6 Å². The molecule has 0 amide bonds. The van der Waals surface area contributed by atoms with Gasteiger partial charge >= 0.3 is 0 Å². The van der Waals surface area contributed by atoms with Crippen molar-refractivity contribution in [3.63, 3.8) is 0 Å². The van der Waals surface area contributed by atoms with Crippen LogP contribution < -0.4 is 10.6 Å². The van der Waals surface area contributed by atoms with Crippen molar-refractivity contribution in [2.45, 2.75) is 51.6 Å². The van der Waals surface area contributed by atoms with Gasteiger partial charge in [0, 0.05) is 12.6 Å². The van der Waals surface area contributed by atoms with E-state index in [1.165, 1.54) is 32.1 Å². The maximum Gasteiger partial charge on any atom is 0.191 e. The van der Waals surface area contributed by atoms with E-state index >= 15 is 0 Å². The Labute approximate surface area is 132 Å². The monoisotopic (exact) mass is 377 g/mol. The molecule has 2 rings (SSSR count). The van der Waals surface area contributed by atoms with Crippen molar-refractivity contribution in [3.8, 4) is 0 Å². The first kappa shape index (κ1) is 16.3. The number of rotatable bonds is 4. The van der Waals surface area contributed by atoms with E-state index in [0.29, 0.717) is 12.6 Å². The average Bonchev–Trinajstić information content (AvgIpc) is 2.91. The van der Waals surface area contributed by atoms with E-state index in [2.05, 4.69) is 22.5 Å². The molecule has 1 heterocycles. The van der Waals surface area contributed by atoms with E-state index in [9.17, 15) is 0 Å². The molecule has 1 fully saturated rings. The number of nitrogens with one attached hydrogen (secondary N) is 2. The van der Waals surface area contributed by atoms with Crippen LogP contribution in [0.2, 0.25) is 0 Å². The molecule has 1 aliphatic rings. The normalized spacial score (nSPS) is 16.8. The van der Waals surface area contributed by atoms with E-state index in [0.717, 1.165) is 18.3 Å². The summed E-state index contributed by atoms with van der Waals surface area (Å²) in [4.78, 5) is 4.55. The third-order valence-electron chi connectivity index (χ3n) is 3.26. The average molecular weight is 377 g/mol. The van der Waals surface area contributed by atoms with E-state index in [-0.39, 0.29) is 24.0 Å². The van der Waals surface area contributed by atoms with Gasteiger partial charge in [-0.1, -0.05) is 19.3 Å². The fraction of sp³-hybridized carbons (Fsp3) is 0.643. The quantitative estimate of drug-likeness (QED) is 0.481. The highest BCUT2D eigenvalue weighted by atomic mass is 127. The number of hydrogen-bond acceptors (Lipinski definition) is 2.